The standard InChI is InChI=1S/C6H4ClIN4/c7-4-3-2(8)1-10-5(3)12-6(9)11-4/h1H,(H3,9,10,11,12)/p+1. The minimum absolute atomic E-state index is 0.311. The molecule has 0 aliphatic heterocycles. The van der Waals surface area contributed by atoms with Crippen LogP contribution < -0.4 is 10.7 Å². The van der Waals surface area contributed by atoms with Gasteiger partial charge in [-0.3, -0.25) is 4.98 Å². The molecule has 0 unspecified atom stereocenters. The van der Waals surface area contributed by atoms with Gasteiger partial charge >= 0.3 is 5.95 Å². The van der Waals surface area contributed by atoms with Crippen molar-refractivity contribution in [2.75, 3.05) is 5.73 Å². The van der Waals surface area contributed by atoms with Gasteiger partial charge in [0.05, 0.1) is 9.77 Å². The maximum atomic E-state index is 5.87. The molecule has 0 fully saturated rings. The Labute approximate surface area is 86.7 Å². The maximum Gasteiger partial charge on any atom is 0.343 e. The van der Waals surface area contributed by atoms with Gasteiger partial charge < -0.3 is 5.73 Å². The molecule has 62 valence electrons. The van der Waals surface area contributed by atoms with E-state index in [1.54, 1.807) is 0 Å². The number of nitrogens with zero attached hydrogens (tertiary/aromatic N) is 1. The first kappa shape index (κ1) is 8.06. The van der Waals surface area contributed by atoms with Crippen LogP contribution in [0.1, 0.15) is 0 Å². The van der Waals surface area contributed by atoms with E-state index in [2.05, 4.69) is 37.5 Å². The lowest BCUT2D eigenvalue weighted by Gasteiger charge is -1.89. The molecule has 2 rings (SSSR count). The number of rotatable bonds is 0. The Morgan fingerprint density at radius 3 is 3.17 bits per heavy atom. The molecule has 0 amide bonds. The number of aromatic nitrogens is 3. The van der Waals surface area contributed by atoms with Crippen molar-refractivity contribution in [1.29, 1.82) is 0 Å². The fourth-order valence-electron chi connectivity index (χ4n) is 1.02. The molecule has 0 atom stereocenters. The van der Waals surface area contributed by atoms with Crippen molar-refractivity contribution in [1.82, 2.24) is 9.97 Å². The minimum Gasteiger partial charge on any atom is -0.308 e. The number of nitrogens with two attached hydrogens (primary N) is 1. The SMILES string of the molecule is Nc1nc(Cl)c2c(I)c[nH]c2[nH+]1. The average Bonchev–Trinajstić information content (AvgIpc) is 2.31. The lowest BCUT2D eigenvalue weighted by molar-refractivity contribution is -0.333. The van der Waals surface area contributed by atoms with Gasteiger partial charge in [-0.25, -0.2) is 4.98 Å². The molecule has 0 spiro atoms. The van der Waals surface area contributed by atoms with Crippen molar-refractivity contribution in [3.8, 4) is 0 Å². The van der Waals surface area contributed by atoms with Gasteiger partial charge in [0.2, 0.25) is 10.8 Å². The first-order chi connectivity index (χ1) is 5.68. The number of hydrogen-bond donors (Lipinski definition) is 2. The van der Waals surface area contributed by atoms with Gasteiger partial charge in [0.15, 0.2) is 0 Å². The molecule has 0 bridgehead atoms. The molecule has 0 aliphatic rings. The number of fused-ring (bicyclic) bond motifs is 1. The van der Waals surface area contributed by atoms with Crippen molar-refractivity contribution in [2.45, 2.75) is 0 Å². The first-order valence-electron chi connectivity index (χ1n) is 3.19. The van der Waals surface area contributed by atoms with E-state index in [0.717, 1.165) is 14.6 Å². The predicted molar refractivity (Wildman–Crippen MR) is 54.8 cm³/mol. The summed E-state index contributed by atoms with van der Waals surface area (Å²) in [5.74, 6) is 0.311. The van der Waals surface area contributed by atoms with E-state index in [4.69, 9.17) is 17.3 Å². The average molecular weight is 295 g/mol. The zero-order valence-corrected chi connectivity index (χ0v) is 8.77. The third-order valence-corrected chi connectivity index (χ3v) is 2.63. The summed E-state index contributed by atoms with van der Waals surface area (Å²) in [5.41, 5.74) is 6.26. The molecule has 12 heavy (non-hydrogen) atoms. The number of nitrogen functional groups attached to an aromatic ring is 1. The van der Waals surface area contributed by atoms with Crippen LogP contribution in [0.4, 0.5) is 5.95 Å². The number of nitrogens with one attached hydrogen (secondary N) is 2. The Hall–Kier alpha value is -0.560. The van der Waals surface area contributed by atoms with Crippen LogP contribution >= 0.6 is 34.2 Å². The highest BCUT2D eigenvalue weighted by molar-refractivity contribution is 14.1. The van der Waals surface area contributed by atoms with Crippen molar-refractivity contribution in [3.63, 3.8) is 0 Å². The van der Waals surface area contributed by atoms with Crippen LogP contribution in [-0.2, 0) is 0 Å². The third kappa shape index (κ3) is 1.13. The first-order valence-corrected chi connectivity index (χ1v) is 4.65. The molecular weight excluding hydrogens is 290 g/mol. The van der Waals surface area contributed by atoms with Crippen molar-refractivity contribution >= 4 is 51.2 Å². The van der Waals surface area contributed by atoms with E-state index < -0.39 is 0 Å². The zero-order valence-electron chi connectivity index (χ0n) is 5.86. The molecule has 0 radical (unpaired) electrons. The summed E-state index contributed by atoms with van der Waals surface area (Å²) in [7, 11) is 0. The van der Waals surface area contributed by atoms with Crippen LogP contribution in [-0.4, -0.2) is 9.97 Å². The topological polar surface area (TPSA) is 68.8 Å². The summed E-state index contributed by atoms with van der Waals surface area (Å²) in [6.07, 6.45) is 1.84. The van der Waals surface area contributed by atoms with Crippen molar-refractivity contribution < 1.29 is 4.98 Å². The highest BCUT2D eigenvalue weighted by Crippen LogP contribution is 2.23. The molecule has 0 saturated heterocycles. The fourth-order valence-corrected chi connectivity index (χ4v) is 2.14. The van der Waals surface area contributed by atoms with E-state index in [-0.39, 0.29) is 0 Å². The van der Waals surface area contributed by atoms with Gasteiger partial charge in [0, 0.05) is 0 Å². The van der Waals surface area contributed by atoms with Gasteiger partial charge in [0.1, 0.15) is 5.39 Å². The lowest BCUT2D eigenvalue weighted by atomic mass is 10.4. The molecule has 0 aliphatic carbocycles. The summed E-state index contributed by atoms with van der Waals surface area (Å²) in [6, 6.07) is 0. The van der Waals surface area contributed by atoms with Crippen molar-refractivity contribution in [2.24, 2.45) is 0 Å². The summed E-state index contributed by atoms with van der Waals surface area (Å²) in [6.45, 7) is 0. The Morgan fingerprint density at radius 1 is 1.67 bits per heavy atom. The summed E-state index contributed by atoms with van der Waals surface area (Å²) < 4.78 is 1.02. The summed E-state index contributed by atoms with van der Waals surface area (Å²) in [4.78, 5) is 9.77. The fraction of sp³-hybridized carbons (Fsp3) is 0. The van der Waals surface area contributed by atoms with Crippen LogP contribution in [0, 0.1) is 3.57 Å². The normalized spacial score (nSPS) is 10.8. The second-order valence-electron chi connectivity index (χ2n) is 2.30. The molecule has 2 aromatic rings. The molecule has 4 N–H and O–H groups in total. The Kier molecular flexibility index (Phi) is 1.84. The van der Waals surface area contributed by atoms with E-state index in [0.29, 0.717) is 11.1 Å². The Morgan fingerprint density at radius 2 is 2.42 bits per heavy atom. The maximum absolute atomic E-state index is 5.87. The number of halogens is 2. The summed E-state index contributed by atoms with van der Waals surface area (Å²) >= 11 is 8.05. The van der Waals surface area contributed by atoms with Crippen LogP contribution in [0.15, 0.2) is 6.20 Å². The van der Waals surface area contributed by atoms with Gasteiger partial charge in [0.25, 0.3) is 0 Å². The number of H-pyrrole nitrogens is 2. The van der Waals surface area contributed by atoms with Gasteiger partial charge in [-0.1, -0.05) is 4.98 Å². The van der Waals surface area contributed by atoms with Crippen LogP contribution in [0.2, 0.25) is 5.15 Å². The zero-order chi connectivity index (χ0) is 8.72. The van der Waals surface area contributed by atoms with Gasteiger partial charge in [-0.2, -0.15) is 0 Å². The van der Waals surface area contributed by atoms with Crippen LogP contribution in [0.3, 0.4) is 0 Å². The second-order valence-corrected chi connectivity index (χ2v) is 3.82. The predicted octanol–water partition coefficient (Wildman–Crippen LogP) is 1.22. The third-order valence-electron chi connectivity index (χ3n) is 1.51. The smallest absolute Gasteiger partial charge is 0.308 e. The van der Waals surface area contributed by atoms with E-state index >= 15 is 0 Å². The highest BCUT2D eigenvalue weighted by atomic mass is 127. The molecule has 0 saturated carbocycles. The van der Waals surface area contributed by atoms with E-state index in [1.165, 1.54) is 0 Å². The monoisotopic (exact) mass is 295 g/mol. The Balaban J connectivity index is 2.93. The second kappa shape index (κ2) is 2.74. The highest BCUT2D eigenvalue weighted by Gasteiger charge is 2.13. The largest absolute Gasteiger partial charge is 0.343 e. The minimum atomic E-state index is 0.311. The molecular formula is C6H5ClIN4+. The quantitative estimate of drug-likeness (QED) is 0.567. The molecule has 6 heteroatoms. The number of aromatic amines is 2. The van der Waals surface area contributed by atoms with Crippen LogP contribution in [0.25, 0.3) is 11.0 Å². The molecule has 0 aromatic carbocycles. The number of anilines is 1. The Bertz CT molecular complexity index is 438. The van der Waals surface area contributed by atoms with Crippen LogP contribution in [0.5, 0.6) is 0 Å². The summed E-state index contributed by atoms with van der Waals surface area (Å²) in [5, 5.41) is 1.30. The van der Waals surface area contributed by atoms with Gasteiger partial charge in [-0.05, 0) is 34.2 Å². The lowest BCUT2D eigenvalue weighted by Crippen LogP contribution is -2.13. The molecule has 2 heterocycles. The molecule has 2 aromatic heterocycles. The van der Waals surface area contributed by atoms with E-state index in [1.807, 2.05) is 6.20 Å². The number of hydrogen-bond acceptors (Lipinski definition) is 2. The molecule has 4 nitrogen and oxygen atoms in total. The van der Waals surface area contributed by atoms with Crippen molar-refractivity contribution in [3.05, 3.63) is 14.9 Å². The van der Waals surface area contributed by atoms with Gasteiger partial charge in [-0.15, -0.1) is 0 Å². The van der Waals surface area contributed by atoms with E-state index in [9.17, 15) is 0 Å².